The fraction of sp³-hybridized carbons (Fsp3) is 0.238. The summed E-state index contributed by atoms with van der Waals surface area (Å²) in [5.41, 5.74) is 1.45. The molecule has 0 bridgehead atoms. The van der Waals surface area contributed by atoms with Crippen molar-refractivity contribution in [3.05, 3.63) is 59.1 Å². The van der Waals surface area contributed by atoms with Crippen LogP contribution in [0.25, 0.3) is 0 Å². The molecule has 1 unspecified atom stereocenters. The number of anilines is 1. The van der Waals surface area contributed by atoms with Gasteiger partial charge in [0.2, 0.25) is 11.8 Å². The summed E-state index contributed by atoms with van der Waals surface area (Å²) in [5.74, 6) is 5.83. The molecule has 1 saturated heterocycles. The molecule has 0 radical (unpaired) electrons. The second-order valence-corrected chi connectivity index (χ2v) is 6.51. The standard InChI is InChI=1S/C21H19ClN2O3/c1-27-18-9-4-8-17(13-18)24-14-16(12-20(24)25)21(26)23-11-5-7-15-6-2-3-10-19(15)22/h2-4,6,8-10,13,16H,11-12,14H2,1H3,(H,23,26). The zero-order valence-electron chi connectivity index (χ0n) is 14.9. The minimum atomic E-state index is -0.397. The van der Waals surface area contributed by atoms with E-state index in [1.165, 1.54) is 0 Å². The van der Waals surface area contributed by atoms with Gasteiger partial charge in [-0.25, -0.2) is 0 Å². The molecule has 138 valence electrons. The number of amides is 2. The molecular weight excluding hydrogens is 364 g/mol. The van der Waals surface area contributed by atoms with Crippen LogP contribution in [0, 0.1) is 17.8 Å². The second kappa shape index (κ2) is 8.61. The van der Waals surface area contributed by atoms with E-state index >= 15 is 0 Å². The van der Waals surface area contributed by atoms with Crippen molar-refractivity contribution >= 4 is 29.1 Å². The zero-order valence-corrected chi connectivity index (χ0v) is 15.6. The Balaban J connectivity index is 1.57. The predicted molar refractivity (Wildman–Crippen MR) is 105 cm³/mol. The molecule has 1 aliphatic heterocycles. The number of benzene rings is 2. The lowest BCUT2D eigenvalue weighted by atomic mass is 10.1. The summed E-state index contributed by atoms with van der Waals surface area (Å²) in [5, 5.41) is 3.35. The number of ether oxygens (including phenoxy) is 1. The Hall–Kier alpha value is -2.97. The van der Waals surface area contributed by atoms with Gasteiger partial charge in [0.05, 0.1) is 24.6 Å². The van der Waals surface area contributed by atoms with Crippen molar-refractivity contribution in [2.24, 2.45) is 5.92 Å². The first-order valence-corrected chi connectivity index (χ1v) is 8.92. The van der Waals surface area contributed by atoms with Gasteiger partial charge in [-0.05, 0) is 24.3 Å². The van der Waals surface area contributed by atoms with Gasteiger partial charge in [0, 0.05) is 30.3 Å². The average Bonchev–Trinajstić information content (AvgIpc) is 3.08. The summed E-state index contributed by atoms with van der Waals surface area (Å²) < 4.78 is 5.19. The van der Waals surface area contributed by atoms with E-state index in [9.17, 15) is 9.59 Å². The third kappa shape index (κ3) is 4.60. The van der Waals surface area contributed by atoms with Gasteiger partial charge in [0.15, 0.2) is 0 Å². The van der Waals surface area contributed by atoms with Crippen molar-refractivity contribution in [3.63, 3.8) is 0 Å². The van der Waals surface area contributed by atoms with Gasteiger partial charge in [-0.15, -0.1) is 0 Å². The number of methoxy groups -OCH3 is 1. The third-order valence-corrected chi connectivity index (χ3v) is 4.64. The summed E-state index contributed by atoms with van der Waals surface area (Å²) in [7, 11) is 1.57. The highest BCUT2D eigenvalue weighted by Crippen LogP contribution is 2.27. The Labute approximate surface area is 163 Å². The Morgan fingerprint density at radius 1 is 1.30 bits per heavy atom. The fourth-order valence-corrected chi connectivity index (χ4v) is 3.07. The Bertz CT molecular complexity index is 917. The summed E-state index contributed by atoms with van der Waals surface area (Å²) in [4.78, 5) is 26.3. The number of halogens is 1. The molecule has 0 aliphatic carbocycles. The van der Waals surface area contributed by atoms with Crippen molar-refractivity contribution in [2.45, 2.75) is 6.42 Å². The van der Waals surface area contributed by atoms with E-state index < -0.39 is 5.92 Å². The van der Waals surface area contributed by atoms with E-state index in [0.717, 1.165) is 5.69 Å². The van der Waals surface area contributed by atoms with Crippen LogP contribution < -0.4 is 15.0 Å². The van der Waals surface area contributed by atoms with E-state index in [2.05, 4.69) is 17.2 Å². The Morgan fingerprint density at radius 3 is 2.89 bits per heavy atom. The quantitative estimate of drug-likeness (QED) is 0.827. The smallest absolute Gasteiger partial charge is 0.227 e. The monoisotopic (exact) mass is 382 g/mol. The van der Waals surface area contributed by atoms with Gasteiger partial charge in [-0.2, -0.15) is 0 Å². The lowest BCUT2D eigenvalue weighted by Gasteiger charge is -2.17. The van der Waals surface area contributed by atoms with Crippen LogP contribution in [0.15, 0.2) is 48.5 Å². The highest BCUT2D eigenvalue weighted by atomic mass is 35.5. The number of hydrogen-bond acceptors (Lipinski definition) is 3. The molecule has 0 saturated carbocycles. The summed E-state index contributed by atoms with van der Waals surface area (Å²) in [6.45, 7) is 0.545. The van der Waals surface area contributed by atoms with Crippen molar-refractivity contribution < 1.29 is 14.3 Å². The zero-order chi connectivity index (χ0) is 19.2. The summed E-state index contributed by atoms with van der Waals surface area (Å²) in [6.07, 6.45) is 0.182. The maximum Gasteiger partial charge on any atom is 0.227 e. The summed E-state index contributed by atoms with van der Waals surface area (Å²) in [6, 6.07) is 14.5. The number of nitrogens with one attached hydrogen (secondary N) is 1. The normalized spacial score (nSPS) is 15.9. The van der Waals surface area contributed by atoms with Crippen LogP contribution >= 0.6 is 11.6 Å². The van der Waals surface area contributed by atoms with Crippen molar-refractivity contribution in [3.8, 4) is 17.6 Å². The molecular formula is C21H19ClN2O3. The number of hydrogen-bond donors (Lipinski definition) is 1. The minimum absolute atomic E-state index is 0.0782. The highest BCUT2D eigenvalue weighted by Gasteiger charge is 2.35. The van der Waals surface area contributed by atoms with Crippen LogP contribution in [0.1, 0.15) is 12.0 Å². The van der Waals surface area contributed by atoms with Gasteiger partial charge in [-0.1, -0.05) is 41.6 Å². The topological polar surface area (TPSA) is 58.6 Å². The molecule has 6 heteroatoms. The highest BCUT2D eigenvalue weighted by molar-refractivity contribution is 6.31. The number of nitrogens with zero attached hydrogens (tertiary/aromatic N) is 1. The molecule has 0 spiro atoms. The lowest BCUT2D eigenvalue weighted by molar-refractivity contribution is -0.126. The van der Waals surface area contributed by atoms with Gasteiger partial charge in [0.25, 0.3) is 0 Å². The molecule has 3 rings (SSSR count). The van der Waals surface area contributed by atoms with Crippen LogP contribution in [0.3, 0.4) is 0 Å². The number of rotatable bonds is 4. The van der Waals surface area contributed by atoms with E-state index in [1.807, 2.05) is 36.4 Å². The number of carbonyl (C=O) groups is 2. The molecule has 0 aromatic heterocycles. The van der Waals surface area contributed by atoms with Crippen molar-refractivity contribution in [2.75, 3.05) is 25.1 Å². The summed E-state index contributed by atoms with van der Waals surface area (Å²) >= 11 is 6.04. The fourth-order valence-electron chi connectivity index (χ4n) is 2.89. The Kier molecular flexibility index (Phi) is 6.00. The maximum absolute atomic E-state index is 12.4. The van der Waals surface area contributed by atoms with Crippen LogP contribution in [0.4, 0.5) is 5.69 Å². The molecule has 1 N–H and O–H groups in total. The minimum Gasteiger partial charge on any atom is -0.497 e. The largest absolute Gasteiger partial charge is 0.497 e. The predicted octanol–water partition coefficient (Wildman–Crippen LogP) is 2.87. The van der Waals surface area contributed by atoms with Gasteiger partial charge in [0.1, 0.15) is 5.75 Å². The molecule has 1 atom stereocenters. The molecule has 2 aromatic carbocycles. The SMILES string of the molecule is COc1cccc(N2CC(C(=O)NCC#Cc3ccccc3Cl)CC2=O)c1. The second-order valence-electron chi connectivity index (χ2n) is 6.11. The average molecular weight is 383 g/mol. The van der Waals surface area contributed by atoms with Crippen molar-refractivity contribution in [1.82, 2.24) is 5.32 Å². The van der Waals surface area contributed by atoms with E-state index in [4.69, 9.17) is 16.3 Å². The first-order valence-electron chi connectivity index (χ1n) is 8.54. The third-order valence-electron chi connectivity index (χ3n) is 4.31. The van der Waals surface area contributed by atoms with Gasteiger partial charge >= 0.3 is 0 Å². The van der Waals surface area contributed by atoms with Crippen LogP contribution in [0.2, 0.25) is 5.02 Å². The van der Waals surface area contributed by atoms with E-state index in [0.29, 0.717) is 22.9 Å². The molecule has 1 heterocycles. The molecule has 1 aliphatic rings. The molecule has 1 fully saturated rings. The van der Waals surface area contributed by atoms with E-state index in [1.54, 1.807) is 24.1 Å². The maximum atomic E-state index is 12.4. The molecule has 5 nitrogen and oxygen atoms in total. The van der Waals surface area contributed by atoms with Gasteiger partial charge in [-0.3, -0.25) is 9.59 Å². The number of carbonyl (C=O) groups excluding carboxylic acids is 2. The lowest BCUT2D eigenvalue weighted by Crippen LogP contribution is -2.33. The van der Waals surface area contributed by atoms with Crippen LogP contribution in [0.5, 0.6) is 5.75 Å². The van der Waals surface area contributed by atoms with E-state index in [-0.39, 0.29) is 24.8 Å². The molecule has 27 heavy (non-hydrogen) atoms. The molecule has 2 aromatic rings. The van der Waals surface area contributed by atoms with Crippen LogP contribution in [-0.4, -0.2) is 32.0 Å². The first kappa shape index (κ1) is 18.8. The van der Waals surface area contributed by atoms with Crippen molar-refractivity contribution in [1.29, 1.82) is 0 Å². The van der Waals surface area contributed by atoms with Gasteiger partial charge < -0.3 is 15.0 Å². The van der Waals surface area contributed by atoms with Crippen LogP contribution in [-0.2, 0) is 9.59 Å². The Morgan fingerprint density at radius 2 is 2.11 bits per heavy atom. The first-order chi connectivity index (χ1) is 13.1. The molecule has 2 amide bonds.